The van der Waals surface area contributed by atoms with Crippen LogP contribution in [0.1, 0.15) is 59.5 Å². The summed E-state index contributed by atoms with van der Waals surface area (Å²) in [6.45, 7) is 0. The van der Waals surface area contributed by atoms with Crippen LogP contribution >= 0.6 is 0 Å². The average Bonchev–Trinajstić information content (AvgIpc) is 3.52. The summed E-state index contributed by atoms with van der Waals surface area (Å²) in [7, 11) is 1.67. The first-order chi connectivity index (χ1) is 13.6. The summed E-state index contributed by atoms with van der Waals surface area (Å²) in [4.78, 5) is 25.2. The van der Waals surface area contributed by atoms with Gasteiger partial charge in [0.1, 0.15) is 5.75 Å². The first-order valence-electron chi connectivity index (χ1n) is 10.0. The zero-order chi connectivity index (χ0) is 19.5. The third-order valence-corrected chi connectivity index (χ3v) is 5.58. The Bertz CT molecular complexity index is 889. The van der Waals surface area contributed by atoms with Crippen molar-refractivity contribution in [3.63, 3.8) is 0 Å². The van der Waals surface area contributed by atoms with Gasteiger partial charge in [0.15, 0.2) is 0 Å². The van der Waals surface area contributed by atoms with Crippen molar-refractivity contribution in [2.24, 2.45) is 0 Å². The lowest BCUT2D eigenvalue weighted by Gasteiger charge is -2.25. The van der Waals surface area contributed by atoms with Crippen LogP contribution in [0.4, 0.5) is 5.69 Å². The Balaban J connectivity index is 1.45. The van der Waals surface area contributed by atoms with E-state index in [1.165, 1.54) is 11.1 Å². The van der Waals surface area contributed by atoms with Crippen LogP contribution in [0.25, 0.3) is 0 Å². The summed E-state index contributed by atoms with van der Waals surface area (Å²) < 4.78 is 5.33. The normalized spacial score (nSPS) is 18.1. The number of methoxy groups -OCH3 is 1. The number of ether oxygens (including phenoxy) is 1. The van der Waals surface area contributed by atoms with Gasteiger partial charge in [0, 0.05) is 12.5 Å². The number of carbonyl (C=O) groups excluding carboxylic acids is 2. The number of hydrogen-bond donors (Lipinski definition) is 2. The number of nitrogens with one attached hydrogen (secondary N) is 2. The molecule has 0 heterocycles. The van der Waals surface area contributed by atoms with Crippen molar-refractivity contribution in [3.05, 3.63) is 59.2 Å². The second kappa shape index (κ2) is 8.05. The van der Waals surface area contributed by atoms with Crippen LogP contribution in [0.15, 0.2) is 42.5 Å². The quantitative estimate of drug-likeness (QED) is 0.797. The van der Waals surface area contributed by atoms with Crippen LogP contribution in [0.5, 0.6) is 5.75 Å². The van der Waals surface area contributed by atoms with Gasteiger partial charge in [-0.3, -0.25) is 9.59 Å². The molecule has 0 bridgehead atoms. The van der Waals surface area contributed by atoms with E-state index in [0.29, 0.717) is 17.7 Å². The maximum Gasteiger partial charge on any atom is 0.253 e. The molecule has 2 N–H and O–H groups in total. The second-order valence-electron chi connectivity index (χ2n) is 7.70. The maximum absolute atomic E-state index is 12.8. The van der Waals surface area contributed by atoms with Gasteiger partial charge in [-0.15, -0.1) is 0 Å². The van der Waals surface area contributed by atoms with Gasteiger partial charge < -0.3 is 15.4 Å². The number of hydrogen-bond acceptors (Lipinski definition) is 3. The van der Waals surface area contributed by atoms with E-state index in [1.807, 2.05) is 18.2 Å². The third-order valence-electron chi connectivity index (χ3n) is 5.58. The number of anilines is 1. The number of benzene rings is 2. The number of carbonyl (C=O) groups is 2. The topological polar surface area (TPSA) is 67.4 Å². The molecule has 28 heavy (non-hydrogen) atoms. The minimum absolute atomic E-state index is 0.0552. The fraction of sp³-hybridized carbons (Fsp3) is 0.391. The van der Waals surface area contributed by atoms with Crippen LogP contribution in [0.3, 0.4) is 0 Å². The van der Waals surface area contributed by atoms with E-state index in [1.54, 1.807) is 19.2 Å². The molecular formula is C23H26N2O3. The molecule has 1 unspecified atom stereocenters. The molecule has 2 aliphatic carbocycles. The monoisotopic (exact) mass is 378 g/mol. The predicted octanol–water partition coefficient (Wildman–Crippen LogP) is 4.04. The summed E-state index contributed by atoms with van der Waals surface area (Å²) in [5.41, 5.74) is 3.61. The van der Waals surface area contributed by atoms with E-state index < -0.39 is 0 Å². The molecule has 2 aromatic rings. The molecule has 1 fully saturated rings. The van der Waals surface area contributed by atoms with E-state index in [2.05, 4.69) is 22.8 Å². The highest BCUT2D eigenvalue weighted by molar-refractivity contribution is 6.04. The standard InChI is InChI=1S/C23H26N2O3/c1-28-18-11-12-19-15(13-18)5-4-6-16(19)14-22(26)25-21-8-3-2-7-20(21)23(27)24-17-9-10-17/h2-3,7-8,11-13,16-17H,4-6,9-10,14H2,1H3,(H,24,27)(H,25,26). The van der Waals surface area contributed by atoms with Crippen LogP contribution in [0, 0.1) is 0 Å². The maximum atomic E-state index is 12.8. The summed E-state index contributed by atoms with van der Waals surface area (Å²) in [6, 6.07) is 13.6. The van der Waals surface area contributed by atoms with Crippen molar-refractivity contribution in [2.45, 2.75) is 50.5 Å². The highest BCUT2D eigenvalue weighted by Crippen LogP contribution is 2.36. The highest BCUT2D eigenvalue weighted by Gasteiger charge is 2.26. The van der Waals surface area contributed by atoms with Crippen LogP contribution in [-0.2, 0) is 11.2 Å². The molecule has 0 spiro atoms. The molecule has 5 nitrogen and oxygen atoms in total. The van der Waals surface area contributed by atoms with E-state index in [4.69, 9.17) is 4.74 Å². The van der Waals surface area contributed by atoms with E-state index in [-0.39, 0.29) is 23.8 Å². The van der Waals surface area contributed by atoms with E-state index in [9.17, 15) is 9.59 Å². The Morgan fingerprint density at radius 3 is 2.71 bits per heavy atom. The predicted molar refractivity (Wildman–Crippen MR) is 109 cm³/mol. The van der Waals surface area contributed by atoms with E-state index in [0.717, 1.165) is 37.9 Å². The smallest absolute Gasteiger partial charge is 0.253 e. The summed E-state index contributed by atoms with van der Waals surface area (Å²) in [5, 5.41) is 5.95. The second-order valence-corrected chi connectivity index (χ2v) is 7.70. The molecule has 5 heteroatoms. The molecule has 0 saturated heterocycles. The molecule has 2 aromatic carbocycles. The Kier molecular flexibility index (Phi) is 5.33. The van der Waals surface area contributed by atoms with Crippen molar-refractivity contribution in [2.75, 3.05) is 12.4 Å². The number of para-hydroxylation sites is 1. The number of aryl methyl sites for hydroxylation is 1. The van der Waals surface area contributed by atoms with Gasteiger partial charge in [-0.2, -0.15) is 0 Å². The van der Waals surface area contributed by atoms with Crippen molar-refractivity contribution in [3.8, 4) is 5.75 Å². The van der Waals surface area contributed by atoms with Gasteiger partial charge in [0.05, 0.1) is 18.4 Å². The first-order valence-corrected chi connectivity index (χ1v) is 10.0. The number of rotatable bonds is 6. The number of amides is 2. The van der Waals surface area contributed by atoms with Crippen molar-refractivity contribution in [1.82, 2.24) is 5.32 Å². The fourth-order valence-corrected chi connectivity index (χ4v) is 3.94. The van der Waals surface area contributed by atoms with Crippen LogP contribution in [-0.4, -0.2) is 25.0 Å². The van der Waals surface area contributed by atoms with E-state index >= 15 is 0 Å². The Hall–Kier alpha value is -2.82. The molecule has 1 saturated carbocycles. The third kappa shape index (κ3) is 4.19. The minimum Gasteiger partial charge on any atom is -0.497 e. The molecule has 4 rings (SSSR count). The van der Waals surface area contributed by atoms with Gasteiger partial charge in [-0.25, -0.2) is 0 Å². The zero-order valence-corrected chi connectivity index (χ0v) is 16.2. The first kappa shape index (κ1) is 18.5. The van der Waals surface area contributed by atoms with Crippen molar-refractivity contribution in [1.29, 1.82) is 0 Å². The Morgan fingerprint density at radius 2 is 1.93 bits per heavy atom. The van der Waals surface area contributed by atoms with Gasteiger partial charge >= 0.3 is 0 Å². The molecule has 0 aliphatic heterocycles. The van der Waals surface area contributed by atoms with Gasteiger partial charge in [-0.05, 0) is 73.4 Å². The van der Waals surface area contributed by atoms with Crippen LogP contribution in [0.2, 0.25) is 0 Å². The highest BCUT2D eigenvalue weighted by atomic mass is 16.5. The lowest BCUT2D eigenvalue weighted by atomic mass is 9.81. The molecule has 0 aromatic heterocycles. The molecule has 2 amide bonds. The molecule has 1 atom stereocenters. The van der Waals surface area contributed by atoms with Gasteiger partial charge in [-0.1, -0.05) is 18.2 Å². The Morgan fingerprint density at radius 1 is 1.11 bits per heavy atom. The zero-order valence-electron chi connectivity index (χ0n) is 16.2. The SMILES string of the molecule is COc1ccc2c(c1)CCCC2CC(=O)Nc1ccccc1C(=O)NC1CC1. The molecule has 2 aliphatic rings. The lowest BCUT2D eigenvalue weighted by molar-refractivity contribution is -0.116. The fourth-order valence-electron chi connectivity index (χ4n) is 3.94. The minimum atomic E-state index is -0.117. The van der Waals surface area contributed by atoms with Gasteiger partial charge in [0.2, 0.25) is 5.91 Å². The molecule has 0 radical (unpaired) electrons. The Labute approximate surface area is 165 Å². The van der Waals surface area contributed by atoms with Crippen molar-refractivity contribution >= 4 is 17.5 Å². The average molecular weight is 378 g/mol. The molecule has 146 valence electrons. The summed E-state index contributed by atoms with van der Waals surface area (Å²) >= 11 is 0. The summed E-state index contributed by atoms with van der Waals surface area (Å²) in [6.07, 6.45) is 5.57. The number of fused-ring (bicyclic) bond motifs is 1. The van der Waals surface area contributed by atoms with Gasteiger partial charge in [0.25, 0.3) is 5.91 Å². The summed E-state index contributed by atoms with van der Waals surface area (Å²) in [5.74, 6) is 0.885. The lowest BCUT2D eigenvalue weighted by Crippen LogP contribution is -2.27. The molecular weight excluding hydrogens is 352 g/mol. The van der Waals surface area contributed by atoms with Crippen LogP contribution < -0.4 is 15.4 Å². The largest absolute Gasteiger partial charge is 0.497 e. The van der Waals surface area contributed by atoms with Crippen molar-refractivity contribution < 1.29 is 14.3 Å².